The van der Waals surface area contributed by atoms with E-state index < -0.39 is 0 Å². The lowest BCUT2D eigenvalue weighted by atomic mass is 10.2. The fraction of sp³-hybridized carbons (Fsp3) is 0.143. The molecule has 0 saturated heterocycles. The zero-order chi connectivity index (χ0) is 14.4. The van der Waals surface area contributed by atoms with E-state index in [-0.39, 0.29) is 12.5 Å². The number of aliphatic hydroxyl groups is 1. The highest BCUT2D eigenvalue weighted by Crippen LogP contribution is 2.23. The van der Waals surface area contributed by atoms with Crippen molar-refractivity contribution < 1.29 is 9.90 Å². The normalized spacial score (nSPS) is 9.70. The lowest BCUT2D eigenvalue weighted by molar-refractivity contribution is 0.103. The number of anilines is 1. The molecule has 0 atom stereocenters. The van der Waals surface area contributed by atoms with Crippen LogP contribution in [0.4, 0.5) is 5.69 Å². The maximum atomic E-state index is 11.9. The first-order valence-corrected chi connectivity index (χ1v) is 7.05. The molecule has 1 aromatic heterocycles. The van der Waals surface area contributed by atoms with Crippen molar-refractivity contribution in [2.75, 3.05) is 11.9 Å². The number of hydrogen-bond donors (Lipinski definition) is 2. The zero-order valence-electron chi connectivity index (χ0n) is 10.4. The molecule has 1 amide bonds. The lowest BCUT2D eigenvalue weighted by Gasteiger charge is -2.06. The van der Waals surface area contributed by atoms with Crippen molar-refractivity contribution in [2.45, 2.75) is 6.42 Å². The van der Waals surface area contributed by atoms with Gasteiger partial charge in [0.25, 0.3) is 5.91 Å². The first-order valence-electron chi connectivity index (χ1n) is 5.80. The lowest BCUT2D eigenvalue weighted by Crippen LogP contribution is -2.10. The molecule has 20 heavy (non-hydrogen) atoms. The molecular weight excluding hydrogens is 296 g/mol. The van der Waals surface area contributed by atoms with Crippen LogP contribution < -0.4 is 5.32 Å². The Balaban J connectivity index is 2.17. The van der Waals surface area contributed by atoms with Gasteiger partial charge in [-0.1, -0.05) is 23.4 Å². The molecule has 6 heteroatoms. The predicted octanol–water partition coefficient (Wildman–Crippen LogP) is 2.78. The van der Waals surface area contributed by atoms with Gasteiger partial charge in [-0.15, -0.1) is 11.3 Å². The number of rotatable bonds is 3. The molecule has 0 aliphatic heterocycles. The number of carbonyl (C=O) groups excluding carboxylic acids is 1. The molecule has 0 spiro atoms. The number of nitrogens with zero attached hydrogens (tertiary/aromatic N) is 1. The molecule has 0 bridgehead atoms. The molecule has 0 saturated carbocycles. The quantitative estimate of drug-likeness (QED) is 0.857. The van der Waals surface area contributed by atoms with E-state index in [1.165, 1.54) is 17.5 Å². The topological polar surface area (TPSA) is 62.2 Å². The molecule has 1 aromatic carbocycles. The Labute approximate surface area is 125 Å². The van der Waals surface area contributed by atoms with E-state index in [0.29, 0.717) is 22.0 Å². The fourth-order valence-electron chi connectivity index (χ4n) is 1.43. The minimum Gasteiger partial charge on any atom is -0.395 e. The third-order valence-corrected chi connectivity index (χ3v) is 3.44. The van der Waals surface area contributed by atoms with Crippen molar-refractivity contribution in [1.82, 2.24) is 4.98 Å². The van der Waals surface area contributed by atoms with Gasteiger partial charge in [0, 0.05) is 12.0 Å². The van der Waals surface area contributed by atoms with Gasteiger partial charge in [0.15, 0.2) is 0 Å². The predicted molar refractivity (Wildman–Crippen MR) is 80.1 cm³/mol. The molecule has 0 radical (unpaired) electrons. The van der Waals surface area contributed by atoms with Gasteiger partial charge in [-0.2, -0.15) is 0 Å². The van der Waals surface area contributed by atoms with Gasteiger partial charge in [-0.3, -0.25) is 9.78 Å². The zero-order valence-corrected chi connectivity index (χ0v) is 12.0. The number of halogens is 1. The Kier molecular flexibility index (Phi) is 5.13. The summed E-state index contributed by atoms with van der Waals surface area (Å²) < 4.78 is 0. The molecule has 2 aromatic rings. The first kappa shape index (κ1) is 14.5. The number of aromatic nitrogens is 1. The number of hydrogen-bond acceptors (Lipinski definition) is 4. The van der Waals surface area contributed by atoms with Gasteiger partial charge in [-0.25, -0.2) is 0 Å². The SMILES string of the molecule is O=C(Nc1cc(C#CCCO)ccc1Cl)c1cncs1. The molecule has 0 fully saturated rings. The summed E-state index contributed by atoms with van der Waals surface area (Å²) in [4.78, 5) is 16.3. The minimum atomic E-state index is -0.255. The van der Waals surface area contributed by atoms with Crippen LogP contribution in [0, 0.1) is 11.8 Å². The Morgan fingerprint density at radius 2 is 2.35 bits per heavy atom. The summed E-state index contributed by atoms with van der Waals surface area (Å²) in [6, 6.07) is 5.13. The van der Waals surface area contributed by atoms with Gasteiger partial charge in [0.2, 0.25) is 0 Å². The number of aliphatic hydroxyl groups excluding tert-OH is 1. The van der Waals surface area contributed by atoms with Crippen molar-refractivity contribution in [3.63, 3.8) is 0 Å². The van der Waals surface area contributed by atoms with E-state index in [9.17, 15) is 4.79 Å². The van der Waals surface area contributed by atoms with Crippen molar-refractivity contribution in [2.24, 2.45) is 0 Å². The summed E-state index contributed by atoms with van der Waals surface area (Å²) in [6.07, 6.45) is 1.91. The monoisotopic (exact) mass is 306 g/mol. The van der Waals surface area contributed by atoms with Crippen LogP contribution in [-0.4, -0.2) is 22.6 Å². The molecule has 1 heterocycles. The third kappa shape index (κ3) is 3.81. The van der Waals surface area contributed by atoms with Gasteiger partial charge in [-0.05, 0) is 18.2 Å². The number of benzene rings is 1. The molecule has 4 nitrogen and oxygen atoms in total. The fourth-order valence-corrected chi connectivity index (χ4v) is 2.11. The van der Waals surface area contributed by atoms with Crippen LogP contribution in [0.25, 0.3) is 0 Å². The number of carbonyl (C=O) groups is 1. The summed E-state index contributed by atoms with van der Waals surface area (Å²) >= 11 is 7.30. The van der Waals surface area contributed by atoms with Crippen LogP contribution in [0.15, 0.2) is 29.9 Å². The highest BCUT2D eigenvalue weighted by molar-refractivity contribution is 7.11. The molecule has 2 N–H and O–H groups in total. The molecule has 0 unspecified atom stereocenters. The highest BCUT2D eigenvalue weighted by Gasteiger charge is 2.10. The maximum absolute atomic E-state index is 11.9. The summed E-state index contributed by atoms with van der Waals surface area (Å²) in [7, 11) is 0. The first-order chi connectivity index (χ1) is 9.70. The molecule has 102 valence electrons. The van der Waals surface area contributed by atoms with Crippen LogP contribution >= 0.6 is 22.9 Å². The van der Waals surface area contributed by atoms with Gasteiger partial charge in [0.05, 0.1) is 29.0 Å². The second-order valence-electron chi connectivity index (χ2n) is 3.79. The summed E-state index contributed by atoms with van der Waals surface area (Å²) in [5.41, 5.74) is 2.82. The largest absolute Gasteiger partial charge is 0.395 e. The van der Waals surface area contributed by atoms with E-state index in [0.717, 1.165) is 5.56 Å². The Morgan fingerprint density at radius 3 is 3.05 bits per heavy atom. The third-order valence-electron chi connectivity index (χ3n) is 2.34. The number of amides is 1. The van der Waals surface area contributed by atoms with E-state index in [1.54, 1.807) is 23.7 Å². The van der Waals surface area contributed by atoms with Crippen LogP contribution in [0.5, 0.6) is 0 Å². The average molecular weight is 307 g/mol. The second-order valence-corrected chi connectivity index (χ2v) is 5.08. The summed E-state index contributed by atoms with van der Waals surface area (Å²) in [5.74, 6) is 5.45. The Bertz CT molecular complexity index is 660. The van der Waals surface area contributed by atoms with Crippen LogP contribution in [0.1, 0.15) is 21.7 Å². The second kappa shape index (κ2) is 7.06. The summed E-state index contributed by atoms with van der Waals surface area (Å²) in [6.45, 7) is 0.0234. The molecule has 2 rings (SSSR count). The van der Waals surface area contributed by atoms with Crippen LogP contribution in [-0.2, 0) is 0 Å². The molecule has 0 aliphatic rings. The van der Waals surface area contributed by atoms with E-state index in [4.69, 9.17) is 16.7 Å². The molecular formula is C14H11ClN2O2S. The van der Waals surface area contributed by atoms with Crippen molar-refractivity contribution in [1.29, 1.82) is 0 Å². The Hall–Kier alpha value is -1.87. The summed E-state index contributed by atoms with van der Waals surface area (Å²) in [5, 5.41) is 11.8. The highest BCUT2D eigenvalue weighted by atomic mass is 35.5. The Morgan fingerprint density at radius 1 is 1.50 bits per heavy atom. The number of nitrogens with one attached hydrogen (secondary N) is 1. The van der Waals surface area contributed by atoms with Gasteiger partial charge < -0.3 is 10.4 Å². The minimum absolute atomic E-state index is 0.0234. The van der Waals surface area contributed by atoms with Crippen LogP contribution in [0.2, 0.25) is 5.02 Å². The van der Waals surface area contributed by atoms with Gasteiger partial charge in [0.1, 0.15) is 4.88 Å². The maximum Gasteiger partial charge on any atom is 0.267 e. The van der Waals surface area contributed by atoms with Crippen molar-refractivity contribution in [3.05, 3.63) is 45.4 Å². The molecule has 0 aliphatic carbocycles. The van der Waals surface area contributed by atoms with Gasteiger partial charge >= 0.3 is 0 Å². The average Bonchev–Trinajstić information content (AvgIpc) is 2.97. The van der Waals surface area contributed by atoms with Crippen molar-refractivity contribution in [3.8, 4) is 11.8 Å². The van der Waals surface area contributed by atoms with Crippen LogP contribution in [0.3, 0.4) is 0 Å². The van der Waals surface area contributed by atoms with Crippen molar-refractivity contribution >= 4 is 34.5 Å². The van der Waals surface area contributed by atoms with E-state index in [2.05, 4.69) is 22.1 Å². The standard InChI is InChI=1S/C14H11ClN2O2S/c15-11-5-4-10(3-1-2-6-18)7-12(11)17-14(19)13-8-16-9-20-13/h4-5,7-9,18H,2,6H2,(H,17,19). The smallest absolute Gasteiger partial charge is 0.267 e. The van der Waals surface area contributed by atoms with E-state index >= 15 is 0 Å². The van der Waals surface area contributed by atoms with E-state index in [1.807, 2.05) is 0 Å². The number of thiazole rings is 1.